The van der Waals surface area contributed by atoms with Crippen LogP contribution in [-0.4, -0.2) is 47.8 Å². The third-order valence-electron chi connectivity index (χ3n) is 4.49. The Kier molecular flexibility index (Phi) is 5.61. The summed E-state index contributed by atoms with van der Waals surface area (Å²) in [4.78, 5) is 28.2. The molecule has 0 aliphatic carbocycles. The summed E-state index contributed by atoms with van der Waals surface area (Å²) in [6.07, 6.45) is 0.913. The summed E-state index contributed by atoms with van der Waals surface area (Å²) in [6, 6.07) is 12.3. The highest BCUT2D eigenvalue weighted by Crippen LogP contribution is 2.15. The maximum absolute atomic E-state index is 13.8. The predicted octanol–water partition coefficient (Wildman–Crippen LogP) is 2.88. The molecular formula is C20H20F2N2O2. The van der Waals surface area contributed by atoms with Crippen LogP contribution in [0.25, 0.3) is 0 Å². The van der Waals surface area contributed by atoms with Crippen LogP contribution in [0.15, 0.2) is 48.5 Å². The smallest absolute Gasteiger partial charge is 0.256 e. The molecule has 2 amide bonds. The normalized spacial score (nSPS) is 14.8. The Balaban J connectivity index is 1.63. The molecule has 1 aliphatic rings. The summed E-state index contributed by atoms with van der Waals surface area (Å²) in [5, 5.41) is 0. The SMILES string of the molecule is O=C(Cc1ccccc1)N1CCCN(C(=O)c2cc(F)ccc2F)CC1. The van der Waals surface area contributed by atoms with Crippen molar-refractivity contribution in [3.63, 3.8) is 0 Å². The van der Waals surface area contributed by atoms with Gasteiger partial charge in [0.15, 0.2) is 0 Å². The fraction of sp³-hybridized carbons (Fsp3) is 0.300. The molecule has 2 aromatic carbocycles. The lowest BCUT2D eigenvalue weighted by Gasteiger charge is -2.22. The van der Waals surface area contributed by atoms with Crippen molar-refractivity contribution < 1.29 is 18.4 Å². The average Bonchev–Trinajstić information content (AvgIpc) is 2.90. The van der Waals surface area contributed by atoms with Crippen LogP contribution in [0.1, 0.15) is 22.3 Å². The average molecular weight is 358 g/mol. The van der Waals surface area contributed by atoms with Gasteiger partial charge in [-0.2, -0.15) is 0 Å². The third-order valence-corrected chi connectivity index (χ3v) is 4.49. The predicted molar refractivity (Wildman–Crippen MR) is 93.6 cm³/mol. The van der Waals surface area contributed by atoms with Crippen LogP contribution in [-0.2, 0) is 11.2 Å². The van der Waals surface area contributed by atoms with E-state index in [0.29, 0.717) is 39.0 Å². The van der Waals surface area contributed by atoms with Gasteiger partial charge in [0.05, 0.1) is 12.0 Å². The minimum atomic E-state index is -0.738. The van der Waals surface area contributed by atoms with Gasteiger partial charge in [-0.05, 0) is 30.2 Å². The summed E-state index contributed by atoms with van der Waals surface area (Å²) in [6.45, 7) is 1.63. The van der Waals surface area contributed by atoms with Crippen LogP contribution in [0, 0.1) is 11.6 Å². The first-order valence-electron chi connectivity index (χ1n) is 8.60. The number of nitrogens with zero attached hydrogens (tertiary/aromatic N) is 2. The van der Waals surface area contributed by atoms with Gasteiger partial charge in [0.25, 0.3) is 5.91 Å². The Morgan fingerprint density at radius 2 is 1.58 bits per heavy atom. The number of halogens is 2. The maximum Gasteiger partial charge on any atom is 0.256 e. The molecule has 2 aromatic rings. The molecule has 0 N–H and O–H groups in total. The maximum atomic E-state index is 13.8. The van der Waals surface area contributed by atoms with E-state index in [9.17, 15) is 18.4 Å². The molecule has 0 aromatic heterocycles. The van der Waals surface area contributed by atoms with E-state index in [1.165, 1.54) is 4.90 Å². The summed E-state index contributed by atoms with van der Waals surface area (Å²) in [5.41, 5.74) is 0.672. The Hall–Kier alpha value is -2.76. The quantitative estimate of drug-likeness (QED) is 0.847. The molecule has 4 nitrogen and oxygen atoms in total. The van der Waals surface area contributed by atoms with Gasteiger partial charge in [0.1, 0.15) is 11.6 Å². The van der Waals surface area contributed by atoms with Gasteiger partial charge in [0.2, 0.25) is 5.91 Å². The molecule has 0 spiro atoms. The number of benzene rings is 2. The molecule has 0 radical (unpaired) electrons. The van der Waals surface area contributed by atoms with Gasteiger partial charge < -0.3 is 9.80 Å². The van der Waals surface area contributed by atoms with Crippen molar-refractivity contribution in [1.29, 1.82) is 0 Å². The highest BCUT2D eigenvalue weighted by Gasteiger charge is 2.24. The number of rotatable bonds is 3. The van der Waals surface area contributed by atoms with Crippen LogP contribution < -0.4 is 0 Å². The van der Waals surface area contributed by atoms with E-state index in [-0.39, 0.29) is 11.5 Å². The topological polar surface area (TPSA) is 40.6 Å². The van der Waals surface area contributed by atoms with Crippen molar-refractivity contribution >= 4 is 11.8 Å². The molecule has 136 valence electrons. The standard InChI is InChI=1S/C20H20F2N2O2/c21-16-7-8-18(22)17(14-16)20(26)24-10-4-9-23(11-12-24)19(25)13-15-5-2-1-3-6-15/h1-3,5-8,14H,4,9-13H2. The second-order valence-corrected chi connectivity index (χ2v) is 6.31. The Morgan fingerprint density at radius 1 is 0.885 bits per heavy atom. The molecule has 1 saturated heterocycles. The third kappa shape index (κ3) is 4.25. The summed E-state index contributed by atoms with van der Waals surface area (Å²) >= 11 is 0. The van der Waals surface area contributed by atoms with E-state index in [2.05, 4.69) is 0 Å². The van der Waals surface area contributed by atoms with Crippen molar-refractivity contribution in [3.05, 3.63) is 71.3 Å². The van der Waals surface area contributed by atoms with E-state index in [0.717, 1.165) is 23.8 Å². The van der Waals surface area contributed by atoms with Gasteiger partial charge in [-0.3, -0.25) is 9.59 Å². The largest absolute Gasteiger partial charge is 0.341 e. The molecule has 6 heteroatoms. The number of carbonyl (C=O) groups excluding carboxylic acids is 2. The lowest BCUT2D eigenvalue weighted by atomic mass is 10.1. The number of carbonyl (C=O) groups is 2. The molecule has 1 fully saturated rings. The van der Waals surface area contributed by atoms with Crippen LogP contribution in [0.5, 0.6) is 0 Å². The Bertz CT molecular complexity index is 796. The van der Waals surface area contributed by atoms with Gasteiger partial charge in [-0.15, -0.1) is 0 Å². The highest BCUT2D eigenvalue weighted by atomic mass is 19.1. The second kappa shape index (κ2) is 8.08. The van der Waals surface area contributed by atoms with E-state index in [4.69, 9.17) is 0 Å². The minimum absolute atomic E-state index is 0.00225. The van der Waals surface area contributed by atoms with Gasteiger partial charge in [0, 0.05) is 26.2 Å². The molecule has 0 saturated carbocycles. The summed E-state index contributed by atoms with van der Waals surface area (Å²) in [7, 11) is 0. The minimum Gasteiger partial charge on any atom is -0.341 e. The number of amides is 2. The number of hydrogen-bond donors (Lipinski definition) is 0. The van der Waals surface area contributed by atoms with Crippen LogP contribution >= 0.6 is 0 Å². The zero-order valence-corrected chi connectivity index (χ0v) is 14.3. The molecule has 1 heterocycles. The molecule has 0 unspecified atom stereocenters. The van der Waals surface area contributed by atoms with Gasteiger partial charge in [-0.25, -0.2) is 8.78 Å². The molecule has 26 heavy (non-hydrogen) atoms. The van der Waals surface area contributed by atoms with Crippen molar-refractivity contribution in [2.45, 2.75) is 12.8 Å². The molecule has 0 atom stereocenters. The monoisotopic (exact) mass is 358 g/mol. The first-order valence-corrected chi connectivity index (χ1v) is 8.60. The van der Waals surface area contributed by atoms with Crippen LogP contribution in [0.4, 0.5) is 8.78 Å². The van der Waals surface area contributed by atoms with E-state index in [1.54, 1.807) is 4.90 Å². The van der Waals surface area contributed by atoms with Crippen molar-refractivity contribution in [2.75, 3.05) is 26.2 Å². The molecule has 3 rings (SSSR count). The van der Waals surface area contributed by atoms with Crippen LogP contribution in [0.3, 0.4) is 0 Å². The zero-order valence-electron chi connectivity index (χ0n) is 14.3. The van der Waals surface area contributed by atoms with Crippen molar-refractivity contribution in [1.82, 2.24) is 9.80 Å². The van der Waals surface area contributed by atoms with Gasteiger partial charge in [-0.1, -0.05) is 30.3 Å². The van der Waals surface area contributed by atoms with Gasteiger partial charge >= 0.3 is 0 Å². The first-order chi connectivity index (χ1) is 12.5. The lowest BCUT2D eigenvalue weighted by molar-refractivity contribution is -0.130. The zero-order chi connectivity index (χ0) is 18.5. The Labute approximate surface area is 151 Å². The fourth-order valence-electron chi connectivity index (χ4n) is 3.08. The molecule has 1 aliphatic heterocycles. The Morgan fingerprint density at radius 3 is 2.35 bits per heavy atom. The van der Waals surface area contributed by atoms with E-state index < -0.39 is 17.5 Å². The fourth-order valence-corrected chi connectivity index (χ4v) is 3.08. The second-order valence-electron chi connectivity index (χ2n) is 6.31. The molecule has 0 bridgehead atoms. The number of hydrogen-bond acceptors (Lipinski definition) is 2. The summed E-state index contributed by atoms with van der Waals surface area (Å²) < 4.78 is 27.2. The van der Waals surface area contributed by atoms with Crippen molar-refractivity contribution in [2.24, 2.45) is 0 Å². The van der Waals surface area contributed by atoms with E-state index in [1.807, 2.05) is 30.3 Å². The van der Waals surface area contributed by atoms with Crippen LogP contribution in [0.2, 0.25) is 0 Å². The first kappa shape index (κ1) is 18.0. The van der Waals surface area contributed by atoms with Crippen molar-refractivity contribution in [3.8, 4) is 0 Å². The molecular weight excluding hydrogens is 338 g/mol. The lowest BCUT2D eigenvalue weighted by Crippen LogP contribution is -2.38. The van der Waals surface area contributed by atoms with E-state index >= 15 is 0 Å². The summed E-state index contributed by atoms with van der Waals surface area (Å²) in [5.74, 6) is -1.93. The highest BCUT2D eigenvalue weighted by molar-refractivity contribution is 5.94.